The molecular formula is C18H25N3O3. The van der Waals surface area contributed by atoms with Crippen LogP contribution in [0.5, 0.6) is 5.75 Å². The molecule has 1 saturated heterocycles. The van der Waals surface area contributed by atoms with Gasteiger partial charge in [0.1, 0.15) is 12.4 Å². The highest BCUT2D eigenvalue weighted by molar-refractivity contribution is 5.94. The van der Waals surface area contributed by atoms with E-state index in [-0.39, 0.29) is 23.9 Å². The number of anilines is 1. The molecule has 1 N–H and O–H groups in total. The summed E-state index contributed by atoms with van der Waals surface area (Å²) in [5.41, 5.74) is 0.827. The molecule has 0 atom stereocenters. The van der Waals surface area contributed by atoms with E-state index in [1.54, 1.807) is 4.90 Å². The van der Waals surface area contributed by atoms with Gasteiger partial charge in [-0.3, -0.25) is 9.69 Å². The molecule has 130 valence electrons. The normalized spacial score (nSPS) is 18.1. The van der Waals surface area contributed by atoms with Crippen molar-refractivity contribution in [2.45, 2.75) is 32.7 Å². The summed E-state index contributed by atoms with van der Waals surface area (Å²) in [6.45, 7) is 6.24. The number of carbonyl (C=O) groups excluding carboxylic acids is 2. The van der Waals surface area contributed by atoms with Crippen molar-refractivity contribution in [3.8, 4) is 5.75 Å². The van der Waals surface area contributed by atoms with Gasteiger partial charge >= 0.3 is 6.03 Å². The van der Waals surface area contributed by atoms with Crippen LogP contribution in [0.2, 0.25) is 0 Å². The highest BCUT2D eigenvalue weighted by Gasteiger charge is 2.32. The Balaban J connectivity index is 1.61. The fraction of sp³-hybridized carbons (Fsp3) is 0.556. The molecule has 2 aliphatic rings. The lowest BCUT2D eigenvalue weighted by Gasteiger charge is -2.37. The number of hydrogen-bond acceptors (Lipinski definition) is 3. The van der Waals surface area contributed by atoms with Crippen LogP contribution >= 0.6 is 0 Å². The maximum Gasteiger partial charge on any atom is 0.324 e. The van der Waals surface area contributed by atoms with E-state index in [1.165, 1.54) is 0 Å². The molecule has 3 rings (SSSR count). The van der Waals surface area contributed by atoms with Gasteiger partial charge in [0.25, 0.3) is 0 Å². The maximum absolute atomic E-state index is 12.9. The molecule has 6 heteroatoms. The van der Waals surface area contributed by atoms with Crippen molar-refractivity contribution in [3.05, 3.63) is 24.3 Å². The quantitative estimate of drug-likeness (QED) is 0.904. The van der Waals surface area contributed by atoms with E-state index in [9.17, 15) is 9.59 Å². The Labute approximate surface area is 142 Å². The zero-order chi connectivity index (χ0) is 17.1. The fourth-order valence-electron chi connectivity index (χ4n) is 3.27. The summed E-state index contributed by atoms with van der Waals surface area (Å²) in [5.74, 6) is 0.866. The molecule has 3 amide bonds. The first-order chi connectivity index (χ1) is 11.6. The van der Waals surface area contributed by atoms with Crippen LogP contribution in [0.4, 0.5) is 10.5 Å². The van der Waals surface area contributed by atoms with E-state index in [2.05, 4.69) is 5.32 Å². The lowest BCUT2D eigenvalue weighted by atomic mass is 9.96. The molecule has 0 bridgehead atoms. The summed E-state index contributed by atoms with van der Waals surface area (Å²) in [7, 11) is 0. The molecule has 2 aliphatic heterocycles. The number of nitrogens with one attached hydrogen (secondary N) is 1. The van der Waals surface area contributed by atoms with Crippen molar-refractivity contribution in [1.82, 2.24) is 10.2 Å². The molecule has 0 aliphatic carbocycles. The Kier molecular flexibility index (Phi) is 4.92. The molecule has 1 aromatic carbocycles. The summed E-state index contributed by atoms with van der Waals surface area (Å²) in [6, 6.07) is 7.78. The van der Waals surface area contributed by atoms with E-state index < -0.39 is 0 Å². The van der Waals surface area contributed by atoms with Gasteiger partial charge in [-0.15, -0.1) is 0 Å². The average Bonchev–Trinajstić information content (AvgIpc) is 2.60. The second-order valence-corrected chi connectivity index (χ2v) is 6.68. The first-order valence-corrected chi connectivity index (χ1v) is 8.65. The van der Waals surface area contributed by atoms with Crippen molar-refractivity contribution in [3.63, 3.8) is 0 Å². The summed E-state index contributed by atoms with van der Waals surface area (Å²) >= 11 is 0. The Morgan fingerprint density at radius 2 is 1.88 bits per heavy atom. The SMILES string of the molecule is CC(C)NC(=O)C1CCN(C(=O)N2CCOc3ccccc32)CC1. The lowest BCUT2D eigenvalue weighted by Crippen LogP contribution is -2.50. The number of likely N-dealkylation sites (tertiary alicyclic amines) is 1. The molecular weight excluding hydrogens is 306 g/mol. The maximum atomic E-state index is 12.9. The smallest absolute Gasteiger partial charge is 0.324 e. The number of urea groups is 1. The number of amides is 3. The monoisotopic (exact) mass is 331 g/mol. The van der Waals surface area contributed by atoms with Crippen LogP contribution in [-0.2, 0) is 4.79 Å². The lowest BCUT2D eigenvalue weighted by molar-refractivity contribution is -0.126. The molecule has 0 spiro atoms. The Morgan fingerprint density at radius 1 is 1.17 bits per heavy atom. The Bertz CT molecular complexity index is 609. The van der Waals surface area contributed by atoms with Crippen LogP contribution in [0.25, 0.3) is 0 Å². The summed E-state index contributed by atoms with van der Waals surface area (Å²) < 4.78 is 5.61. The third-order valence-electron chi connectivity index (χ3n) is 4.53. The second-order valence-electron chi connectivity index (χ2n) is 6.68. The standard InChI is InChI=1S/C18H25N3O3/c1-13(2)19-17(22)14-7-9-20(10-8-14)18(23)21-11-12-24-16-6-4-3-5-15(16)21/h3-6,13-14H,7-12H2,1-2H3,(H,19,22). The molecule has 24 heavy (non-hydrogen) atoms. The number of rotatable bonds is 2. The predicted octanol–water partition coefficient (Wildman–Crippen LogP) is 2.24. The van der Waals surface area contributed by atoms with Crippen molar-refractivity contribution in [1.29, 1.82) is 0 Å². The third kappa shape index (κ3) is 3.47. The minimum atomic E-state index is 0.00780. The van der Waals surface area contributed by atoms with Crippen LogP contribution in [-0.4, -0.2) is 49.1 Å². The van der Waals surface area contributed by atoms with Crippen molar-refractivity contribution < 1.29 is 14.3 Å². The number of benzene rings is 1. The third-order valence-corrected chi connectivity index (χ3v) is 4.53. The minimum absolute atomic E-state index is 0.00780. The van der Waals surface area contributed by atoms with Gasteiger partial charge < -0.3 is 15.0 Å². The zero-order valence-corrected chi connectivity index (χ0v) is 14.3. The van der Waals surface area contributed by atoms with Gasteiger partial charge in [0.2, 0.25) is 5.91 Å². The molecule has 1 fully saturated rings. The molecule has 6 nitrogen and oxygen atoms in total. The topological polar surface area (TPSA) is 61.9 Å². The van der Waals surface area contributed by atoms with Gasteiger partial charge in [0, 0.05) is 25.0 Å². The van der Waals surface area contributed by atoms with E-state index >= 15 is 0 Å². The number of carbonyl (C=O) groups is 2. The highest BCUT2D eigenvalue weighted by Crippen LogP contribution is 2.32. The summed E-state index contributed by atoms with van der Waals surface area (Å²) in [5, 5.41) is 2.96. The van der Waals surface area contributed by atoms with E-state index in [0.717, 1.165) is 24.3 Å². The van der Waals surface area contributed by atoms with E-state index in [1.807, 2.05) is 43.0 Å². The van der Waals surface area contributed by atoms with Gasteiger partial charge in [0.15, 0.2) is 0 Å². The van der Waals surface area contributed by atoms with Crippen LogP contribution in [0.3, 0.4) is 0 Å². The van der Waals surface area contributed by atoms with Crippen LogP contribution in [0, 0.1) is 5.92 Å². The van der Waals surface area contributed by atoms with Gasteiger partial charge in [0.05, 0.1) is 12.2 Å². The van der Waals surface area contributed by atoms with Gasteiger partial charge in [-0.1, -0.05) is 12.1 Å². The van der Waals surface area contributed by atoms with Crippen molar-refractivity contribution in [2.75, 3.05) is 31.1 Å². The highest BCUT2D eigenvalue weighted by atomic mass is 16.5. The first-order valence-electron chi connectivity index (χ1n) is 8.65. The molecule has 0 radical (unpaired) electrons. The zero-order valence-electron chi connectivity index (χ0n) is 14.3. The number of fused-ring (bicyclic) bond motifs is 1. The largest absolute Gasteiger partial charge is 0.490 e. The van der Waals surface area contributed by atoms with E-state index in [0.29, 0.717) is 26.2 Å². The van der Waals surface area contributed by atoms with Gasteiger partial charge in [-0.25, -0.2) is 4.79 Å². The summed E-state index contributed by atoms with van der Waals surface area (Å²) in [6.07, 6.45) is 1.44. The number of nitrogens with zero attached hydrogens (tertiary/aromatic N) is 2. The van der Waals surface area contributed by atoms with E-state index in [4.69, 9.17) is 4.74 Å². The molecule has 2 heterocycles. The molecule has 0 saturated carbocycles. The number of para-hydroxylation sites is 2. The minimum Gasteiger partial charge on any atom is -0.490 e. The number of ether oxygens (including phenoxy) is 1. The Hall–Kier alpha value is -2.24. The summed E-state index contributed by atoms with van der Waals surface area (Å²) in [4.78, 5) is 28.6. The average molecular weight is 331 g/mol. The van der Waals surface area contributed by atoms with Crippen LogP contribution in [0.15, 0.2) is 24.3 Å². The van der Waals surface area contributed by atoms with Crippen molar-refractivity contribution in [2.24, 2.45) is 5.92 Å². The predicted molar refractivity (Wildman–Crippen MR) is 92.3 cm³/mol. The second kappa shape index (κ2) is 7.11. The van der Waals surface area contributed by atoms with Gasteiger partial charge in [-0.2, -0.15) is 0 Å². The van der Waals surface area contributed by atoms with Crippen molar-refractivity contribution >= 4 is 17.6 Å². The fourth-order valence-corrected chi connectivity index (χ4v) is 3.27. The molecule has 0 unspecified atom stereocenters. The molecule has 0 aromatic heterocycles. The van der Waals surface area contributed by atoms with Gasteiger partial charge in [-0.05, 0) is 38.8 Å². The first kappa shape index (κ1) is 16.6. The Morgan fingerprint density at radius 3 is 2.58 bits per heavy atom. The van der Waals surface area contributed by atoms with Crippen LogP contribution < -0.4 is 15.0 Å². The molecule has 1 aromatic rings. The number of piperidine rings is 1. The van der Waals surface area contributed by atoms with Crippen LogP contribution in [0.1, 0.15) is 26.7 Å². The number of hydrogen-bond donors (Lipinski definition) is 1.